The van der Waals surface area contributed by atoms with Gasteiger partial charge in [-0.2, -0.15) is 0 Å². The zero-order chi connectivity index (χ0) is 17.6. The number of thiophene rings is 1. The van der Waals surface area contributed by atoms with Gasteiger partial charge in [0.05, 0.1) is 16.0 Å². The first-order chi connectivity index (χ1) is 12.9. The van der Waals surface area contributed by atoms with Crippen LogP contribution in [-0.4, -0.2) is 41.1 Å². The normalized spacial score (nSPS) is 17.8. The minimum Gasteiger partial charge on any atom is -0.356 e. The molecule has 26 heavy (non-hydrogen) atoms. The molecule has 0 bridgehead atoms. The SMILES string of the molecule is C1CCNCC1.c1csc(-c2cc3c(N4CCCCC4)ncnc3[nH]2)c1. The molecule has 0 amide bonds. The van der Waals surface area contributed by atoms with Gasteiger partial charge in [-0.15, -0.1) is 11.3 Å². The summed E-state index contributed by atoms with van der Waals surface area (Å²) < 4.78 is 0. The molecule has 0 atom stereocenters. The molecule has 0 spiro atoms. The van der Waals surface area contributed by atoms with Gasteiger partial charge in [0, 0.05) is 13.1 Å². The van der Waals surface area contributed by atoms with Crippen LogP contribution in [0.4, 0.5) is 5.82 Å². The van der Waals surface area contributed by atoms with E-state index in [4.69, 9.17) is 0 Å². The van der Waals surface area contributed by atoms with E-state index in [-0.39, 0.29) is 0 Å². The third kappa shape index (κ3) is 4.07. The van der Waals surface area contributed by atoms with Gasteiger partial charge < -0.3 is 15.2 Å². The number of rotatable bonds is 2. The fourth-order valence-corrected chi connectivity index (χ4v) is 4.35. The van der Waals surface area contributed by atoms with E-state index < -0.39 is 0 Å². The predicted octanol–water partition coefficient (Wildman–Crippen LogP) is 4.44. The average Bonchev–Trinajstić information content (AvgIpc) is 3.40. The average molecular weight is 370 g/mol. The van der Waals surface area contributed by atoms with Gasteiger partial charge in [-0.05, 0) is 62.7 Å². The summed E-state index contributed by atoms with van der Waals surface area (Å²) in [7, 11) is 0. The summed E-state index contributed by atoms with van der Waals surface area (Å²) in [5.74, 6) is 1.08. The molecule has 2 saturated heterocycles. The Bertz CT molecular complexity index is 789. The Morgan fingerprint density at radius 1 is 0.962 bits per heavy atom. The summed E-state index contributed by atoms with van der Waals surface area (Å²) in [5.41, 5.74) is 2.07. The summed E-state index contributed by atoms with van der Waals surface area (Å²) in [6, 6.07) is 6.39. The number of nitrogens with zero attached hydrogens (tertiary/aromatic N) is 3. The lowest BCUT2D eigenvalue weighted by molar-refractivity contribution is 0.520. The summed E-state index contributed by atoms with van der Waals surface area (Å²) >= 11 is 1.74. The van der Waals surface area contributed by atoms with Crippen LogP contribution in [0.3, 0.4) is 0 Å². The Balaban J connectivity index is 0.000000240. The highest BCUT2D eigenvalue weighted by molar-refractivity contribution is 7.13. The zero-order valence-corrected chi connectivity index (χ0v) is 16.0. The maximum atomic E-state index is 4.52. The lowest BCUT2D eigenvalue weighted by Crippen LogP contribution is -2.30. The first-order valence-electron chi connectivity index (χ1n) is 9.75. The van der Waals surface area contributed by atoms with Gasteiger partial charge in [0.2, 0.25) is 0 Å². The van der Waals surface area contributed by atoms with Crippen molar-refractivity contribution in [1.29, 1.82) is 0 Å². The number of fused-ring (bicyclic) bond motifs is 1. The van der Waals surface area contributed by atoms with Gasteiger partial charge >= 0.3 is 0 Å². The van der Waals surface area contributed by atoms with Gasteiger partial charge in [-0.3, -0.25) is 0 Å². The third-order valence-electron chi connectivity index (χ3n) is 5.05. The molecule has 138 valence electrons. The number of H-pyrrole nitrogens is 1. The van der Waals surface area contributed by atoms with Gasteiger partial charge in [-0.25, -0.2) is 9.97 Å². The maximum absolute atomic E-state index is 4.52. The molecular formula is C20H27N5S. The second-order valence-electron chi connectivity index (χ2n) is 6.98. The van der Waals surface area contributed by atoms with Crippen molar-refractivity contribution < 1.29 is 0 Å². The van der Waals surface area contributed by atoms with Gasteiger partial charge in [0.15, 0.2) is 0 Å². The summed E-state index contributed by atoms with van der Waals surface area (Å²) in [5, 5.41) is 6.52. The van der Waals surface area contributed by atoms with E-state index in [2.05, 4.69) is 48.7 Å². The lowest BCUT2D eigenvalue weighted by Gasteiger charge is -2.27. The lowest BCUT2D eigenvalue weighted by atomic mass is 10.1. The van der Waals surface area contributed by atoms with Crippen molar-refractivity contribution in [2.45, 2.75) is 38.5 Å². The predicted molar refractivity (Wildman–Crippen MR) is 110 cm³/mol. The third-order valence-corrected chi connectivity index (χ3v) is 5.96. The molecule has 6 heteroatoms. The molecule has 2 fully saturated rings. The van der Waals surface area contributed by atoms with E-state index in [1.54, 1.807) is 17.7 Å². The molecule has 0 saturated carbocycles. The number of hydrogen-bond donors (Lipinski definition) is 2. The van der Waals surface area contributed by atoms with Crippen LogP contribution in [0.5, 0.6) is 0 Å². The standard InChI is InChI=1S/C15H16N4S.C5H11N/c1-2-6-19(7-3-1)15-11-9-12(13-5-4-8-20-13)18-14(11)16-10-17-15;1-2-4-6-5-3-1/h4-5,8-10H,1-3,6-7H2,(H,16,17,18);6H,1-5H2. The highest BCUT2D eigenvalue weighted by Crippen LogP contribution is 2.31. The summed E-state index contributed by atoms with van der Waals surface area (Å²) in [4.78, 5) is 15.9. The molecule has 5 heterocycles. The second-order valence-corrected chi connectivity index (χ2v) is 7.93. The molecule has 2 N–H and O–H groups in total. The van der Waals surface area contributed by atoms with Crippen LogP contribution in [0, 0.1) is 0 Å². The highest BCUT2D eigenvalue weighted by Gasteiger charge is 2.17. The molecule has 2 aliphatic rings. The molecule has 0 radical (unpaired) electrons. The largest absolute Gasteiger partial charge is 0.356 e. The van der Waals surface area contributed by atoms with Crippen LogP contribution in [0.15, 0.2) is 29.9 Å². The quantitative estimate of drug-likeness (QED) is 0.701. The Kier molecular flexibility index (Phi) is 5.82. The van der Waals surface area contributed by atoms with E-state index in [0.29, 0.717) is 0 Å². The Morgan fingerprint density at radius 2 is 1.77 bits per heavy atom. The summed E-state index contributed by atoms with van der Waals surface area (Å²) in [6.45, 7) is 4.71. The van der Waals surface area contributed by atoms with Gasteiger partial charge in [0.1, 0.15) is 17.8 Å². The van der Waals surface area contributed by atoms with E-state index in [1.165, 1.54) is 56.5 Å². The van der Waals surface area contributed by atoms with Crippen LogP contribution in [0.2, 0.25) is 0 Å². The van der Waals surface area contributed by atoms with E-state index >= 15 is 0 Å². The van der Waals surface area contributed by atoms with Crippen LogP contribution < -0.4 is 10.2 Å². The molecule has 5 nitrogen and oxygen atoms in total. The zero-order valence-electron chi connectivity index (χ0n) is 15.2. The van der Waals surface area contributed by atoms with Crippen molar-refractivity contribution in [3.05, 3.63) is 29.9 Å². The Hall–Kier alpha value is -1.92. The topological polar surface area (TPSA) is 56.8 Å². The number of aromatic nitrogens is 3. The Morgan fingerprint density at radius 3 is 2.42 bits per heavy atom. The number of piperidine rings is 2. The Labute approximate surface area is 158 Å². The molecule has 0 aromatic carbocycles. The number of aromatic amines is 1. The van der Waals surface area contributed by atoms with Crippen molar-refractivity contribution in [3.8, 4) is 10.6 Å². The molecule has 2 aliphatic heterocycles. The van der Waals surface area contributed by atoms with Crippen molar-refractivity contribution in [2.75, 3.05) is 31.1 Å². The van der Waals surface area contributed by atoms with Crippen molar-refractivity contribution >= 4 is 28.2 Å². The number of nitrogens with one attached hydrogen (secondary N) is 2. The molecule has 0 aliphatic carbocycles. The highest BCUT2D eigenvalue weighted by atomic mass is 32.1. The fourth-order valence-electron chi connectivity index (χ4n) is 3.65. The fraction of sp³-hybridized carbons (Fsp3) is 0.500. The van der Waals surface area contributed by atoms with Crippen LogP contribution >= 0.6 is 11.3 Å². The first kappa shape index (κ1) is 17.5. The molecule has 3 aromatic heterocycles. The second kappa shape index (κ2) is 8.64. The van der Waals surface area contributed by atoms with Crippen LogP contribution in [0.1, 0.15) is 38.5 Å². The van der Waals surface area contributed by atoms with Crippen molar-refractivity contribution in [2.24, 2.45) is 0 Å². The van der Waals surface area contributed by atoms with Crippen LogP contribution in [0.25, 0.3) is 21.6 Å². The maximum Gasteiger partial charge on any atom is 0.143 e. The minimum atomic E-state index is 0.934. The van der Waals surface area contributed by atoms with E-state index in [0.717, 1.165) is 35.6 Å². The van der Waals surface area contributed by atoms with E-state index in [1.807, 2.05) is 0 Å². The first-order valence-corrected chi connectivity index (χ1v) is 10.6. The number of anilines is 1. The minimum absolute atomic E-state index is 0.934. The van der Waals surface area contributed by atoms with Gasteiger partial charge in [0.25, 0.3) is 0 Å². The van der Waals surface area contributed by atoms with Crippen molar-refractivity contribution in [3.63, 3.8) is 0 Å². The molecule has 3 aromatic rings. The van der Waals surface area contributed by atoms with Crippen LogP contribution in [-0.2, 0) is 0 Å². The number of hydrogen-bond acceptors (Lipinski definition) is 5. The monoisotopic (exact) mass is 369 g/mol. The van der Waals surface area contributed by atoms with Crippen molar-refractivity contribution in [1.82, 2.24) is 20.3 Å². The smallest absolute Gasteiger partial charge is 0.143 e. The van der Waals surface area contributed by atoms with Gasteiger partial charge in [-0.1, -0.05) is 12.5 Å². The molecular weight excluding hydrogens is 342 g/mol. The summed E-state index contributed by atoms with van der Waals surface area (Å²) in [6.07, 6.45) is 9.73. The van der Waals surface area contributed by atoms with E-state index in [9.17, 15) is 0 Å². The molecule has 5 rings (SSSR count). The molecule has 0 unspecified atom stereocenters.